The molecule has 1 unspecified atom stereocenters. The van der Waals surface area contributed by atoms with Gasteiger partial charge in [-0.15, -0.1) is 0 Å². The highest BCUT2D eigenvalue weighted by Gasteiger charge is 2.30. The summed E-state index contributed by atoms with van der Waals surface area (Å²) in [5.41, 5.74) is 0.818. The van der Waals surface area contributed by atoms with Crippen molar-refractivity contribution >= 4 is 0 Å². The third kappa shape index (κ3) is 4.04. The lowest BCUT2D eigenvalue weighted by molar-refractivity contribution is -0.137. The van der Waals surface area contributed by atoms with Gasteiger partial charge in [-0.05, 0) is 42.3 Å². The lowest BCUT2D eigenvalue weighted by Crippen LogP contribution is -2.20. The molecule has 140 valence electrons. The fourth-order valence-electron chi connectivity index (χ4n) is 2.80. The van der Waals surface area contributed by atoms with Crippen LogP contribution in [0.25, 0.3) is 0 Å². The summed E-state index contributed by atoms with van der Waals surface area (Å²) in [6.07, 6.45) is -4.35. The van der Waals surface area contributed by atoms with Crippen molar-refractivity contribution in [2.45, 2.75) is 25.7 Å². The van der Waals surface area contributed by atoms with Crippen molar-refractivity contribution in [1.82, 2.24) is 5.32 Å². The summed E-state index contributed by atoms with van der Waals surface area (Å²) in [5.74, 6) is 1.76. The fraction of sp³-hybridized carbons (Fsp3) is 0.368. The Morgan fingerprint density at radius 1 is 1.15 bits per heavy atom. The Bertz CT molecular complexity index is 760. The van der Waals surface area contributed by atoms with Crippen molar-refractivity contribution < 1.29 is 27.4 Å². The van der Waals surface area contributed by atoms with Crippen molar-refractivity contribution in [2.24, 2.45) is 0 Å². The first kappa shape index (κ1) is 18.4. The Balaban J connectivity index is 1.73. The number of rotatable bonds is 5. The van der Waals surface area contributed by atoms with Gasteiger partial charge in [0.15, 0.2) is 11.5 Å². The highest BCUT2D eigenvalue weighted by atomic mass is 19.4. The molecular weight excluding hydrogens is 347 g/mol. The molecule has 2 aromatic rings. The number of ether oxygens (including phenoxy) is 3. The summed E-state index contributed by atoms with van der Waals surface area (Å²) in [4.78, 5) is 0. The van der Waals surface area contributed by atoms with E-state index >= 15 is 0 Å². The molecule has 1 heterocycles. The second-order valence-corrected chi connectivity index (χ2v) is 6.05. The molecule has 3 rings (SSSR count). The van der Waals surface area contributed by atoms with E-state index in [-0.39, 0.29) is 6.04 Å². The van der Waals surface area contributed by atoms with E-state index in [4.69, 9.17) is 14.2 Å². The Morgan fingerprint density at radius 2 is 1.92 bits per heavy atom. The van der Waals surface area contributed by atoms with Gasteiger partial charge in [-0.3, -0.25) is 0 Å². The standard InChI is InChI=1S/C19H20F3NO3/c1-12(14-4-3-5-15(10-14)19(20,21)22)23-11-13-8-16(24-2)18-17(9-13)25-6-7-26-18/h3-5,8-10,12,23H,6-7,11H2,1-2H3. The SMILES string of the molecule is COc1cc(CNC(C)c2cccc(C(F)(F)F)c2)cc2c1OCCO2. The molecule has 0 aliphatic carbocycles. The highest BCUT2D eigenvalue weighted by molar-refractivity contribution is 5.54. The second kappa shape index (κ2) is 7.45. The summed E-state index contributed by atoms with van der Waals surface area (Å²) in [5, 5.41) is 3.23. The Morgan fingerprint density at radius 3 is 2.65 bits per heavy atom. The average Bonchev–Trinajstić information content (AvgIpc) is 2.64. The van der Waals surface area contributed by atoms with Crippen LogP contribution in [0.1, 0.15) is 29.7 Å². The highest BCUT2D eigenvalue weighted by Crippen LogP contribution is 2.40. The van der Waals surface area contributed by atoms with Crippen LogP contribution < -0.4 is 19.5 Å². The molecule has 26 heavy (non-hydrogen) atoms. The first-order chi connectivity index (χ1) is 12.4. The summed E-state index contributed by atoms with van der Waals surface area (Å²) in [6, 6.07) is 8.77. The van der Waals surface area contributed by atoms with Gasteiger partial charge in [0.05, 0.1) is 12.7 Å². The molecule has 1 aliphatic heterocycles. The minimum absolute atomic E-state index is 0.253. The molecule has 0 saturated heterocycles. The van der Waals surface area contributed by atoms with E-state index in [0.717, 1.165) is 11.6 Å². The minimum Gasteiger partial charge on any atom is -0.493 e. The molecule has 1 N–H and O–H groups in total. The van der Waals surface area contributed by atoms with Crippen molar-refractivity contribution in [3.8, 4) is 17.2 Å². The van der Waals surface area contributed by atoms with Gasteiger partial charge >= 0.3 is 6.18 Å². The normalized spacial score (nSPS) is 14.8. The zero-order valence-electron chi connectivity index (χ0n) is 14.5. The molecule has 0 bridgehead atoms. The number of nitrogens with one attached hydrogen (secondary N) is 1. The zero-order valence-corrected chi connectivity index (χ0v) is 14.5. The number of hydrogen-bond donors (Lipinski definition) is 1. The number of methoxy groups -OCH3 is 1. The van der Waals surface area contributed by atoms with Crippen molar-refractivity contribution in [1.29, 1.82) is 0 Å². The van der Waals surface area contributed by atoms with Crippen LogP contribution in [0.3, 0.4) is 0 Å². The molecule has 1 aliphatic rings. The molecule has 7 heteroatoms. The topological polar surface area (TPSA) is 39.7 Å². The monoisotopic (exact) mass is 367 g/mol. The van der Waals surface area contributed by atoms with Crippen LogP contribution in [0.15, 0.2) is 36.4 Å². The van der Waals surface area contributed by atoms with Crippen LogP contribution >= 0.6 is 0 Å². The number of hydrogen-bond acceptors (Lipinski definition) is 4. The van der Waals surface area contributed by atoms with E-state index in [9.17, 15) is 13.2 Å². The molecule has 1 atom stereocenters. The van der Waals surface area contributed by atoms with Gasteiger partial charge in [-0.1, -0.05) is 12.1 Å². The smallest absolute Gasteiger partial charge is 0.416 e. The molecule has 0 amide bonds. The molecule has 0 fully saturated rings. The maximum absolute atomic E-state index is 12.9. The molecule has 0 aromatic heterocycles. The average molecular weight is 367 g/mol. The third-order valence-electron chi connectivity index (χ3n) is 4.21. The van der Waals surface area contributed by atoms with Crippen LogP contribution in [0.2, 0.25) is 0 Å². The van der Waals surface area contributed by atoms with Crippen molar-refractivity contribution in [3.63, 3.8) is 0 Å². The van der Waals surface area contributed by atoms with Gasteiger partial charge in [-0.25, -0.2) is 0 Å². The lowest BCUT2D eigenvalue weighted by atomic mass is 10.0. The van der Waals surface area contributed by atoms with E-state index in [1.165, 1.54) is 12.1 Å². The van der Waals surface area contributed by atoms with Gasteiger partial charge in [0.25, 0.3) is 0 Å². The first-order valence-corrected chi connectivity index (χ1v) is 8.25. The van der Waals surface area contributed by atoms with Gasteiger partial charge in [0, 0.05) is 12.6 Å². The first-order valence-electron chi connectivity index (χ1n) is 8.25. The van der Waals surface area contributed by atoms with E-state index < -0.39 is 11.7 Å². The largest absolute Gasteiger partial charge is 0.493 e. The van der Waals surface area contributed by atoms with Crippen LogP contribution in [-0.4, -0.2) is 20.3 Å². The summed E-state index contributed by atoms with van der Waals surface area (Å²) < 4.78 is 55.1. The maximum atomic E-state index is 12.9. The molecule has 2 aromatic carbocycles. The molecule has 0 radical (unpaired) electrons. The number of benzene rings is 2. The molecule has 0 saturated carbocycles. The third-order valence-corrected chi connectivity index (χ3v) is 4.21. The van der Waals surface area contributed by atoms with E-state index in [2.05, 4.69) is 5.32 Å². The number of fused-ring (bicyclic) bond motifs is 1. The van der Waals surface area contributed by atoms with Crippen LogP contribution in [-0.2, 0) is 12.7 Å². The lowest BCUT2D eigenvalue weighted by Gasteiger charge is -2.22. The van der Waals surface area contributed by atoms with Crippen molar-refractivity contribution in [2.75, 3.05) is 20.3 Å². The van der Waals surface area contributed by atoms with E-state index in [1.807, 2.05) is 19.1 Å². The quantitative estimate of drug-likeness (QED) is 0.854. The predicted molar refractivity (Wildman–Crippen MR) is 90.7 cm³/mol. The van der Waals surface area contributed by atoms with Gasteiger partial charge in [0.1, 0.15) is 13.2 Å². The van der Waals surface area contributed by atoms with Gasteiger partial charge in [0.2, 0.25) is 5.75 Å². The minimum atomic E-state index is -4.35. The van der Waals surface area contributed by atoms with Crippen LogP contribution in [0.5, 0.6) is 17.2 Å². The van der Waals surface area contributed by atoms with Gasteiger partial charge < -0.3 is 19.5 Å². The van der Waals surface area contributed by atoms with Crippen molar-refractivity contribution in [3.05, 3.63) is 53.1 Å². The second-order valence-electron chi connectivity index (χ2n) is 6.05. The van der Waals surface area contributed by atoms with Crippen LogP contribution in [0, 0.1) is 0 Å². The van der Waals surface area contributed by atoms with Crippen LogP contribution in [0.4, 0.5) is 13.2 Å². The zero-order chi connectivity index (χ0) is 18.7. The van der Waals surface area contributed by atoms with E-state index in [1.54, 1.807) is 13.2 Å². The Labute approximate surface area is 149 Å². The molecular formula is C19H20F3NO3. The predicted octanol–water partition coefficient (Wildman–Crippen LogP) is 4.34. The maximum Gasteiger partial charge on any atom is 0.416 e. The number of alkyl halides is 3. The summed E-state index contributed by atoms with van der Waals surface area (Å²) >= 11 is 0. The molecule has 0 spiro atoms. The summed E-state index contributed by atoms with van der Waals surface area (Å²) in [6.45, 7) is 3.20. The number of halogens is 3. The molecule has 4 nitrogen and oxygen atoms in total. The Kier molecular flexibility index (Phi) is 5.27. The van der Waals surface area contributed by atoms with E-state index in [0.29, 0.717) is 42.6 Å². The fourth-order valence-corrected chi connectivity index (χ4v) is 2.80. The Hall–Kier alpha value is -2.41. The van der Waals surface area contributed by atoms with Gasteiger partial charge in [-0.2, -0.15) is 13.2 Å². The summed E-state index contributed by atoms with van der Waals surface area (Å²) in [7, 11) is 1.55.